The average molecular weight is 258 g/mol. The maximum absolute atomic E-state index is 5.77. The number of nitrogens with zero attached hydrogens (tertiary/aromatic N) is 1. The second kappa shape index (κ2) is 6.64. The number of anilines is 1. The van der Waals surface area contributed by atoms with E-state index in [1.165, 1.54) is 0 Å². The van der Waals surface area contributed by atoms with Crippen LogP contribution in [-0.4, -0.2) is 18.1 Å². The van der Waals surface area contributed by atoms with Gasteiger partial charge in [0.15, 0.2) is 0 Å². The van der Waals surface area contributed by atoms with Crippen LogP contribution in [0.15, 0.2) is 42.7 Å². The van der Waals surface area contributed by atoms with E-state index in [0.717, 1.165) is 23.7 Å². The molecule has 0 aliphatic carbocycles. The third-order valence-electron chi connectivity index (χ3n) is 2.45. The molecule has 0 atom stereocenters. The van der Waals surface area contributed by atoms with Gasteiger partial charge in [-0.1, -0.05) is 6.07 Å². The first-order chi connectivity index (χ1) is 9.31. The van der Waals surface area contributed by atoms with E-state index in [1.807, 2.05) is 44.2 Å². The van der Waals surface area contributed by atoms with Crippen molar-refractivity contribution < 1.29 is 9.47 Å². The second-order valence-electron chi connectivity index (χ2n) is 3.95. The molecule has 100 valence electrons. The largest absolute Gasteiger partial charge is 0.494 e. The molecule has 2 aromatic rings. The van der Waals surface area contributed by atoms with Gasteiger partial charge in [0.25, 0.3) is 0 Å². The van der Waals surface area contributed by atoms with Crippen LogP contribution in [0, 0.1) is 0 Å². The Bertz CT molecular complexity index is 482. The fraction of sp³-hybridized carbons (Fsp3) is 0.267. The second-order valence-corrected chi connectivity index (χ2v) is 3.95. The van der Waals surface area contributed by atoms with Gasteiger partial charge in [0.1, 0.15) is 17.2 Å². The molecule has 0 aliphatic rings. The van der Waals surface area contributed by atoms with E-state index < -0.39 is 0 Å². The minimum absolute atomic E-state index is 0.640. The molecule has 0 spiro atoms. The maximum atomic E-state index is 5.77. The summed E-state index contributed by atoms with van der Waals surface area (Å²) in [6, 6.07) is 9.49. The Kier molecular flexibility index (Phi) is 4.61. The zero-order valence-corrected chi connectivity index (χ0v) is 11.2. The number of ether oxygens (including phenoxy) is 2. The lowest BCUT2D eigenvalue weighted by Gasteiger charge is -2.09. The van der Waals surface area contributed by atoms with Crippen LogP contribution in [-0.2, 0) is 0 Å². The van der Waals surface area contributed by atoms with Crippen molar-refractivity contribution in [3.63, 3.8) is 0 Å². The minimum Gasteiger partial charge on any atom is -0.494 e. The average Bonchev–Trinajstić information content (AvgIpc) is 2.40. The molecule has 0 fully saturated rings. The number of rotatable bonds is 6. The van der Waals surface area contributed by atoms with Crippen molar-refractivity contribution in [3.05, 3.63) is 42.7 Å². The van der Waals surface area contributed by atoms with Crippen molar-refractivity contribution in [2.24, 2.45) is 0 Å². The summed E-state index contributed by atoms with van der Waals surface area (Å²) < 4.78 is 11.2. The zero-order chi connectivity index (χ0) is 13.5. The van der Waals surface area contributed by atoms with Gasteiger partial charge in [0, 0.05) is 18.7 Å². The van der Waals surface area contributed by atoms with E-state index in [-0.39, 0.29) is 0 Å². The van der Waals surface area contributed by atoms with Gasteiger partial charge in [-0.3, -0.25) is 4.98 Å². The standard InChI is InChI=1S/C15H18N2O2/c1-3-17-12-8-15(11-16-10-12)19-14-7-5-6-13(9-14)18-4-2/h5-11,17H,3-4H2,1-2H3. The first kappa shape index (κ1) is 13.2. The SMILES string of the molecule is CCNc1cncc(Oc2cccc(OCC)c2)c1. The van der Waals surface area contributed by atoms with Crippen LogP contribution in [0.4, 0.5) is 5.69 Å². The lowest BCUT2D eigenvalue weighted by Crippen LogP contribution is -1.97. The Morgan fingerprint density at radius 3 is 2.68 bits per heavy atom. The summed E-state index contributed by atoms with van der Waals surface area (Å²) in [6.07, 6.45) is 3.46. The number of hydrogen-bond acceptors (Lipinski definition) is 4. The number of nitrogens with one attached hydrogen (secondary N) is 1. The van der Waals surface area contributed by atoms with Crippen molar-refractivity contribution in [2.45, 2.75) is 13.8 Å². The van der Waals surface area contributed by atoms with Crippen LogP contribution >= 0.6 is 0 Å². The molecule has 0 saturated carbocycles. The lowest BCUT2D eigenvalue weighted by molar-refractivity contribution is 0.338. The molecule has 0 saturated heterocycles. The highest BCUT2D eigenvalue weighted by Gasteiger charge is 2.01. The fourth-order valence-electron chi connectivity index (χ4n) is 1.71. The number of pyridine rings is 1. The summed E-state index contributed by atoms with van der Waals surface area (Å²) in [5.74, 6) is 2.24. The topological polar surface area (TPSA) is 43.4 Å². The van der Waals surface area contributed by atoms with Crippen molar-refractivity contribution in [3.8, 4) is 17.2 Å². The summed E-state index contributed by atoms with van der Waals surface area (Å²) in [6.45, 7) is 5.49. The quantitative estimate of drug-likeness (QED) is 0.857. The molecule has 2 rings (SSSR count). The smallest absolute Gasteiger partial charge is 0.147 e. The zero-order valence-electron chi connectivity index (χ0n) is 11.2. The van der Waals surface area contributed by atoms with Gasteiger partial charge in [-0.15, -0.1) is 0 Å². The summed E-state index contributed by atoms with van der Waals surface area (Å²) in [4.78, 5) is 4.14. The van der Waals surface area contributed by atoms with Crippen LogP contribution in [0.25, 0.3) is 0 Å². The van der Waals surface area contributed by atoms with Crippen LogP contribution in [0.2, 0.25) is 0 Å². The van der Waals surface area contributed by atoms with Gasteiger partial charge in [-0.25, -0.2) is 0 Å². The molecule has 0 bridgehead atoms. The molecule has 19 heavy (non-hydrogen) atoms. The van der Waals surface area contributed by atoms with Gasteiger partial charge in [-0.05, 0) is 26.0 Å². The monoisotopic (exact) mass is 258 g/mol. The van der Waals surface area contributed by atoms with Crippen LogP contribution in [0.3, 0.4) is 0 Å². The van der Waals surface area contributed by atoms with Gasteiger partial charge in [0.2, 0.25) is 0 Å². The number of benzene rings is 1. The summed E-state index contributed by atoms with van der Waals surface area (Å²) in [5.41, 5.74) is 0.945. The minimum atomic E-state index is 0.640. The van der Waals surface area contributed by atoms with Gasteiger partial charge in [0.05, 0.1) is 24.7 Å². The molecule has 1 N–H and O–H groups in total. The van der Waals surface area contributed by atoms with E-state index in [9.17, 15) is 0 Å². The number of aromatic nitrogens is 1. The van der Waals surface area contributed by atoms with Gasteiger partial charge < -0.3 is 14.8 Å². The highest BCUT2D eigenvalue weighted by Crippen LogP contribution is 2.26. The Morgan fingerprint density at radius 2 is 1.89 bits per heavy atom. The Hall–Kier alpha value is -2.23. The lowest BCUT2D eigenvalue weighted by atomic mass is 10.3. The highest BCUT2D eigenvalue weighted by molar-refractivity contribution is 5.46. The third kappa shape index (κ3) is 3.88. The van der Waals surface area contributed by atoms with E-state index >= 15 is 0 Å². The van der Waals surface area contributed by atoms with Crippen molar-refractivity contribution in [1.82, 2.24) is 4.98 Å². The third-order valence-corrected chi connectivity index (χ3v) is 2.45. The Labute approximate surface area is 113 Å². The van der Waals surface area contributed by atoms with E-state index in [2.05, 4.69) is 10.3 Å². The molecule has 0 radical (unpaired) electrons. The normalized spacial score (nSPS) is 10.0. The predicted octanol–water partition coefficient (Wildman–Crippen LogP) is 3.70. The summed E-state index contributed by atoms with van der Waals surface area (Å²) in [5, 5.41) is 3.20. The first-order valence-electron chi connectivity index (χ1n) is 6.41. The van der Waals surface area contributed by atoms with Crippen molar-refractivity contribution >= 4 is 5.69 Å². The molecule has 0 amide bonds. The van der Waals surface area contributed by atoms with Crippen LogP contribution in [0.1, 0.15) is 13.8 Å². The summed E-state index contributed by atoms with van der Waals surface area (Å²) >= 11 is 0. The van der Waals surface area contributed by atoms with Crippen LogP contribution in [0.5, 0.6) is 17.2 Å². The van der Waals surface area contributed by atoms with Gasteiger partial charge >= 0.3 is 0 Å². The van der Waals surface area contributed by atoms with E-state index in [4.69, 9.17) is 9.47 Å². The van der Waals surface area contributed by atoms with E-state index in [1.54, 1.807) is 12.4 Å². The Morgan fingerprint density at radius 1 is 1.05 bits per heavy atom. The molecule has 0 unspecified atom stereocenters. The fourth-order valence-corrected chi connectivity index (χ4v) is 1.71. The number of hydrogen-bond donors (Lipinski definition) is 1. The maximum Gasteiger partial charge on any atom is 0.147 e. The predicted molar refractivity (Wildman–Crippen MR) is 76.1 cm³/mol. The molecule has 1 aromatic carbocycles. The highest BCUT2D eigenvalue weighted by atomic mass is 16.5. The van der Waals surface area contributed by atoms with E-state index in [0.29, 0.717) is 12.4 Å². The van der Waals surface area contributed by atoms with Gasteiger partial charge in [-0.2, -0.15) is 0 Å². The molecular weight excluding hydrogens is 240 g/mol. The molecule has 4 heteroatoms. The van der Waals surface area contributed by atoms with Crippen molar-refractivity contribution in [1.29, 1.82) is 0 Å². The molecular formula is C15H18N2O2. The molecule has 1 heterocycles. The molecule has 0 aliphatic heterocycles. The Balaban J connectivity index is 2.11. The van der Waals surface area contributed by atoms with Crippen LogP contribution < -0.4 is 14.8 Å². The van der Waals surface area contributed by atoms with Crippen molar-refractivity contribution in [2.75, 3.05) is 18.5 Å². The first-order valence-corrected chi connectivity index (χ1v) is 6.41. The molecule has 4 nitrogen and oxygen atoms in total. The summed E-state index contributed by atoms with van der Waals surface area (Å²) in [7, 11) is 0. The molecule has 1 aromatic heterocycles.